The van der Waals surface area contributed by atoms with Crippen molar-refractivity contribution in [2.45, 2.75) is 38.2 Å². The quantitative estimate of drug-likeness (QED) is 0.817. The van der Waals surface area contributed by atoms with Crippen LogP contribution in [0.4, 0.5) is 5.69 Å². The van der Waals surface area contributed by atoms with Gasteiger partial charge in [0, 0.05) is 19.6 Å². The monoisotopic (exact) mass is 359 g/mol. The minimum atomic E-state index is -0.171. The van der Waals surface area contributed by atoms with Crippen LogP contribution < -0.4 is 10.6 Å². The lowest BCUT2D eigenvalue weighted by molar-refractivity contribution is -0.117. The van der Waals surface area contributed by atoms with Gasteiger partial charge in [-0.1, -0.05) is 12.1 Å². The third-order valence-corrected chi connectivity index (χ3v) is 5.27. The van der Waals surface area contributed by atoms with Crippen LogP contribution in [-0.4, -0.2) is 56.1 Å². The summed E-state index contributed by atoms with van der Waals surface area (Å²) in [6.07, 6.45) is 4.74. The number of ether oxygens (including phenoxy) is 1. The molecule has 0 aliphatic carbocycles. The Bertz CT molecular complexity index is 620. The van der Waals surface area contributed by atoms with Gasteiger partial charge in [0.1, 0.15) is 0 Å². The van der Waals surface area contributed by atoms with Gasteiger partial charge >= 0.3 is 0 Å². The molecule has 1 aromatic rings. The summed E-state index contributed by atoms with van der Waals surface area (Å²) in [4.78, 5) is 27.2. The smallest absolute Gasteiger partial charge is 0.253 e. The summed E-state index contributed by atoms with van der Waals surface area (Å²) in [7, 11) is 2.11. The van der Waals surface area contributed by atoms with Crippen molar-refractivity contribution in [3.63, 3.8) is 0 Å². The number of carbonyl (C=O) groups excluding carboxylic acids is 2. The van der Waals surface area contributed by atoms with Crippen LogP contribution in [0.1, 0.15) is 42.5 Å². The fourth-order valence-electron chi connectivity index (χ4n) is 3.63. The number of amides is 2. The zero-order valence-electron chi connectivity index (χ0n) is 15.5. The van der Waals surface area contributed by atoms with Gasteiger partial charge in [0.15, 0.2) is 0 Å². The maximum Gasteiger partial charge on any atom is 0.253 e. The van der Waals surface area contributed by atoms with Crippen molar-refractivity contribution in [3.8, 4) is 0 Å². The van der Waals surface area contributed by atoms with Crippen LogP contribution in [-0.2, 0) is 9.53 Å². The van der Waals surface area contributed by atoms with E-state index in [2.05, 4.69) is 22.6 Å². The van der Waals surface area contributed by atoms with Crippen LogP contribution in [0.25, 0.3) is 0 Å². The number of likely N-dealkylation sites (tertiary alicyclic amines) is 1. The van der Waals surface area contributed by atoms with Gasteiger partial charge in [0.2, 0.25) is 5.91 Å². The highest BCUT2D eigenvalue weighted by Crippen LogP contribution is 2.21. The maximum absolute atomic E-state index is 12.5. The number of hydrogen-bond acceptors (Lipinski definition) is 4. The highest BCUT2D eigenvalue weighted by Gasteiger charge is 2.21. The largest absolute Gasteiger partial charge is 0.376 e. The van der Waals surface area contributed by atoms with Gasteiger partial charge in [-0.2, -0.15) is 0 Å². The molecule has 6 nitrogen and oxygen atoms in total. The molecule has 3 rings (SSSR count). The van der Waals surface area contributed by atoms with E-state index in [9.17, 15) is 9.59 Å². The van der Waals surface area contributed by atoms with E-state index < -0.39 is 0 Å². The summed E-state index contributed by atoms with van der Waals surface area (Å²) in [5.74, 6) is 0.237. The standard InChI is InChI=1S/C20H29N3O3/c1-23-10-8-15(9-11-23)13-19(24)22-18-7-3-2-6-17(18)20(25)21-14-16-5-4-12-26-16/h2-3,6-7,15-16H,4-5,8-14H2,1H3,(H,21,25)(H,22,24)/t16-/m0/s1. The van der Waals surface area contributed by atoms with Gasteiger partial charge < -0.3 is 20.3 Å². The number of nitrogens with zero attached hydrogens (tertiary/aromatic N) is 1. The Kier molecular flexibility index (Phi) is 6.63. The second kappa shape index (κ2) is 9.14. The Balaban J connectivity index is 1.54. The molecule has 2 heterocycles. The summed E-state index contributed by atoms with van der Waals surface area (Å²) in [5.41, 5.74) is 1.08. The summed E-state index contributed by atoms with van der Waals surface area (Å²) in [5, 5.41) is 5.85. The Morgan fingerprint density at radius 3 is 2.69 bits per heavy atom. The van der Waals surface area contributed by atoms with Crippen molar-refractivity contribution in [1.29, 1.82) is 0 Å². The maximum atomic E-state index is 12.5. The Morgan fingerprint density at radius 2 is 1.96 bits per heavy atom. The van der Waals surface area contributed by atoms with E-state index in [1.807, 2.05) is 12.1 Å². The predicted octanol–water partition coefficient (Wildman–Crippen LogP) is 2.27. The topological polar surface area (TPSA) is 70.7 Å². The van der Waals surface area contributed by atoms with Gasteiger partial charge in [-0.3, -0.25) is 9.59 Å². The first-order chi connectivity index (χ1) is 12.6. The average molecular weight is 359 g/mol. The van der Waals surface area contributed by atoms with Gasteiger partial charge in [-0.25, -0.2) is 0 Å². The van der Waals surface area contributed by atoms with E-state index in [-0.39, 0.29) is 17.9 Å². The molecule has 2 fully saturated rings. The summed E-state index contributed by atoms with van der Waals surface area (Å²) < 4.78 is 5.54. The number of carbonyl (C=O) groups is 2. The molecule has 1 atom stereocenters. The molecule has 2 amide bonds. The zero-order valence-corrected chi connectivity index (χ0v) is 15.5. The van der Waals surface area contributed by atoms with E-state index in [0.29, 0.717) is 30.1 Å². The number of para-hydroxylation sites is 1. The molecule has 142 valence electrons. The lowest BCUT2D eigenvalue weighted by Crippen LogP contribution is -2.33. The molecule has 26 heavy (non-hydrogen) atoms. The first-order valence-corrected chi connectivity index (χ1v) is 9.59. The zero-order chi connectivity index (χ0) is 18.4. The van der Waals surface area contributed by atoms with Crippen molar-refractivity contribution in [2.75, 3.05) is 38.6 Å². The summed E-state index contributed by atoms with van der Waals surface area (Å²) in [6.45, 7) is 3.36. The number of anilines is 1. The second-order valence-electron chi connectivity index (χ2n) is 7.39. The van der Waals surface area contributed by atoms with Gasteiger partial charge in [-0.15, -0.1) is 0 Å². The molecule has 0 saturated carbocycles. The molecular formula is C20H29N3O3. The number of rotatable bonds is 6. The van der Waals surface area contributed by atoms with E-state index in [1.54, 1.807) is 12.1 Å². The highest BCUT2D eigenvalue weighted by molar-refractivity contribution is 6.03. The number of benzene rings is 1. The second-order valence-corrected chi connectivity index (χ2v) is 7.39. The predicted molar refractivity (Wildman–Crippen MR) is 101 cm³/mol. The Labute approximate surface area is 155 Å². The molecule has 2 saturated heterocycles. The van der Waals surface area contributed by atoms with E-state index >= 15 is 0 Å². The normalized spacial score (nSPS) is 21.5. The van der Waals surface area contributed by atoms with Gasteiger partial charge in [-0.05, 0) is 63.9 Å². The van der Waals surface area contributed by atoms with Crippen LogP contribution in [0.5, 0.6) is 0 Å². The number of nitrogens with one attached hydrogen (secondary N) is 2. The van der Waals surface area contributed by atoms with Crippen molar-refractivity contribution < 1.29 is 14.3 Å². The van der Waals surface area contributed by atoms with Crippen LogP contribution >= 0.6 is 0 Å². The molecule has 1 aromatic carbocycles. The molecule has 0 aromatic heterocycles. The van der Waals surface area contributed by atoms with Crippen LogP contribution in [0, 0.1) is 5.92 Å². The molecular weight excluding hydrogens is 330 g/mol. The fraction of sp³-hybridized carbons (Fsp3) is 0.600. The van der Waals surface area contributed by atoms with E-state index in [0.717, 1.165) is 45.4 Å². The van der Waals surface area contributed by atoms with Crippen molar-refractivity contribution >= 4 is 17.5 Å². The molecule has 0 unspecified atom stereocenters. The average Bonchev–Trinajstić information content (AvgIpc) is 3.16. The SMILES string of the molecule is CN1CCC(CC(=O)Nc2ccccc2C(=O)NC[C@@H]2CCCO2)CC1. The summed E-state index contributed by atoms with van der Waals surface area (Å²) >= 11 is 0. The number of piperidine rings is 1. The van der Waals surface area contributed by atoms with E-state index in [4.69, 9.17) is 4.74 Å². The molecule has 2 aliphatic rings. The highest BCUT2D eigenvalue weighted by atomic mass is 16.5. The molecule has 6 heteroatoms. The first kappa shape index (κ1) is 18.9. The lowest BCUT2D eigenvalue weighted by Gasteiger charge is -2.28. The molecule has 2 aliphatic heterocycles. The van der Waals surface area contributed by atoms with Crippen LogP contribution in [0.15, 0.2) is 24.3 Å². The van der Waals surface area contributed by atoms with E-state index in [1.165, 1.54) is 0 Å². The first-order valence-electron chi connectivity index (χ1n) is 9.59. The Hall–Kier alpha value is -1.92. The van der Waals surface area contributed by atoms with Crippen LogP contribution in [0.3, 0.4) is 0 Å². The molecule has 0 radical (unpaired) electrons. The van der Waals surface area contributed by atoms with Crippen molar-refractivity contribution in [2.24, 2.45) is 5.92 Å². The minimum absolute atomic E-state index is 0.0149. The Morgan fingerprint density at radius 1 is 1.19 bits per heavy atom. The molecule has 0 spiro atoms. The number of hydrogen-bond donors (Lipinski definition) is 2. The van der Waals surface area contributed by atoms with Crippen LogP contribution in [0.2, 0.25) is 0 Å². The third kappa shape index (κ3) is 5.29. The molecule has 2 N–H and O–H groups in total. The fourth-order valence-corrected chi connectivity index (χ4v) is 3.63. The van der Waals surface area contributed by atoms with Crippen molar-refractivity contribution in [3.05, 3.63) is 29.8 Å². The molecule has 0 bridgehead atoms. The summed E-state index contributed by atoms with van der Waals surface area (Å²) in [6, 6.07) is 7.18. The third-order valence-electron chi connectivity index (χ3n) is 5.27. The minimum Gasteiger partial charge on any atom is -0.376 e. The van der Waals surface area contributed by atoms with Gasteiger partial charge in [0.05, 0.1) is 17.4 Å². The lowest BCUT2D eigenvalue weighted by atomic mass is 9.93. The van der Waals surface area contributed by atoms with Crippen molar-refractivity contribution in [1.82, 2.24) is 10.2 Å². The van der Waals surface area contributed by atoms with Gasteiger partial charge in [0.25, 0.3) is 5.91 Å².